The van der Waals surface area contributed by atoms with Gasteiger partial charge in [-0.05, 0) is 56.8 Å². The molecule has 0 unspecified atom stereocenters. The summed E-state index contributed by atoms with van der Waals surface area (Å²) in [5.74, 6) is -0.442. The summed E-state index contributed by atoms with van der Waals surface area (Å²) < 4.78 is 5.12. The molecule has 0 aliphatic carbocycles. The van der Waals surface area contributed by atoms with Crippen LogP contribution in [0.1, 0.15) is 47.3 Å². The van der Waals surface area contributed by atoms with Crippen molar-refractivity contribution in [3.8, 4) is 5.88 Å². The van der Waals surface area contributed by atoms with Gasteiger partial charge >= 0.3 is 5.97 Å². The zero-order valence-electron chi connectivity index (χ0n) is 22.5. The Kier molecular flexibility index (Phi) is 9.12. The summed E-state index contributed by atoms with van der Waals surface area (Å²) in [5.41, 5.74) is 4.97. The summed E-state index contributed by atoms with van der Waals surface area (Å²) in [7, 11) is 2.06. The van der Waals surface area contributed by atoms with Gasteiger partial charge in [0.25, 0.3) is 0 Å². The highest BCUT2D eigenvalue weighted by molar-refractivity contribution is 6.22. The van der Waals surface area contributed by atoms with E-state index in [0.717, 1.165) is 41.7 Å². The Morgan fingerprint density at radius 2 is 1.77 bits per heavy atom. The van der Waals surface area contributed by atoms with Crippen LogP contribution < -0.4 is 5.32 Å². The van der Waals surface area contributed by atoms with E-state index in [4.69, 9.17) is 9.73 Å². The van der Waals surface area contributed by atoms with Crippen LogP contribution in [-0.4, -0.2) is 59.3 Å². The highest BCUT2D eigenvalue weighted by Gasteiger charge is 2.20. The molecule has 0 saturated heterocycles. The number of H-pyrrole nitrogens is 1. The first-order chi connectivity index (χ1) is 18.9. The van der Waals surface area contributed by atoms with Crippen molar-refractivity contribution in [2.75, 3.05) is 26.7 Å². The maximum absolute atomic E-state index is 12.2. The summed E-state index contributed by atoms with van der Waals surface area (Å²) in [6.07, 6.45) is 0.883. The van der Waals surface area contributed by atoms with Crippen molar-refractivity contribution in [1.29, 1.82) is 0 Å². The van der Waals surface area contributed by atoms with Crippen LogP contribution in [0.2, 0.25) is 0 Å². The zero-order valence-corrected chi connectivity index (χ0v) is 22.5. The Morgan fingerprint density at radius 3 is 2.46 bits per heavy atom. The first-order valence-corrected chi connectivity index (χ1v) is 13.0. The molecule has 8 heteroatoms. The molecule has 0 bridgehead atoms. The molecule has 0 fully saturated rings. The van der Waals surface area contributed by atoms with E-state index in [9.17, 15) is 14.7 Å². The van der Waals surface area contributed by atoms with Gasteiger partial charge in [-0.1, -0.05) is 48.5 Å². The minimum atomic E-state index is -0.412. The van der Waals surface area contributed by atoms with Gasteiger partial charge in [-0.15, -0.1) is 0 Å². The molecule has 4 aromatic rings. The van der Waals surface area contributed by atoms with E-state index in [1.807, 2.05) is 54.6 Å². The van der Waals surface area contributed by atoms with Gasteiger partial charge in [0.2, 0.25) is 5.91 Å². The normalized spacial score (nSPS) is 11.6. The van der Waals surface area contributed by atoms with Crippen LogP contribution in [0.5, 0.6) is 5.88 Å². The molecule has 4 rings (SSSR count). The number of hydrogen-bond donors (Lipinski definition) is 3. The number of esters is 1. The maximum Gasteiger partial charge on any atom is 0.338 e. The Labute approximate surface area is 228 Å². The van der Waals surface area contributed by atoms with E-state index in [1.54, 1.807) is 25.1 Å². The summed E-state index contributed by atoms with van der Waals surface area (Å²) in [6, 6.07) is 22.9. The van der Waals surface area contributed by atoms with Gasteiger partial charge in [0, 0.05) is 36.5 Å². The second-order valence-corrected chi connectivity index (χ2v) is 9.40. The third kappa shape index (κ3) is 7.12. The molecular formula is C31H34N4O4. The Morgan fingerprint density at radius 1 is 1.03 bits per heavy atom. The summed E-state index contributed by atoms with van der Waals surface area (Å²) >= 11 is 0. The van der Waals surface area contributed by atoms with Crippen molar-refractivity contribution in [2.45, 2.75) is 26.8 Å². The number of carbonyl (C=O) groups excluding carboxylic acids is 2. The lowest BCUT2D eigenvalue weighted by Crippen LogP contribution is -2.26. The highest BCUT2D eigenvalue weighted by atomic mass is 16.5. The monoisotopic (exact) mass is 526 g/mol. The van der Waals surface area contributed by atoms with Gasteiger partial charge < -0.3 is 25.0 Å². The predicted molar refractivity (Wildman–Crippen MR) is 154 cm³/mol. The van der Waals surface area contributed by atoms with Gasteiger partial charge in [0.1, 0.15) is 0 Å². The minimum Gasteiger partial charge on any atom is -0.494 e. The lowest BCUT2D eigenvalue weighted by atomic mass is 10.00. The number of benzene rings is 3. The van der Waals surface area contributed by atoms with Gasteiger partial charge in [0.15, 0.2) is 5.88 Å². The third-order valence-electron chi connectivity index (χ3n) is 6.29. The Bertz CT molecular complexity index is 1460. The fourth-order valence-corrected chi connectivity index (χ4v) is 4.43. The first-order valence-electron chi connectivity index (χ1n) is 13.0. The van der Waals surface area contributed by atoms with Gasteiger partial charge in [-0.2, -0.15) is 0 Å². The van der Waals surface area contributed by atoms with Crippen LogP contribution >= 0.6 is 0 Å². The number of aliphatic imine (C=N–C) groups is 1. The van der Waals surface area contributed by atoms with Gasteiger partial charge in [-0.25, -0.2) is 9.79 Å². The van der Waals surface area contributed by atoms with Crippen molar-refractivity contribution in [2.24, 2.45) is 4.99 Å². The molecule has 0 aliphatic heterocycles. The van der Waals surface area contributed by atoms with Crippen molar-refractivity contribution in [1.82, 2.24) is 15.2 Å². The SMILES string of the molecule is CCOC(=O)c1ccc2c(C(=Nc3ccc(CN(C)CCCNC(C)=O)cc3)c3ccccc3)c(O)[nH]c2c1. The molecule has 1 aromatic heterocycles. The summed E-state index contributed by atoms with van der Waals surface area (Å²) in [6.45, 7) is 5.90. The van der Waals surface area contributed by atoms with E-state index < -0.39 is 5.97 Å². The number of aromatic nitrogens is 1. The number of nitrogens with zero attached hydrogens (tertiary/aromatic N) is 2. The number of ether oxygens (including phenoxy) is 1. The number of carbonyl (C=O) groups is 2. The number of hydrogen-bond acceptors (Lipinski definition) is 6. The highest BCUT2D eigenvalue weighted by Crippen LogP contribution is 2.32. The molecular weight excluding hydrogens is 492 g/mol. The van der Waals surface area contributed by atoms with Crippen LogP contribution in [0.15, 0.2) is 77.8 Å². The molecule has 0 saturated carbocycles. The second-order valence-electron chi connectivity index (χ2n) is 9.40. The van der Waals surface area contributed by atoms with E-state index in [0.29, 0.717) is 28.9 Å². The molecule has 1 heterocycles. The van der Waals surface area contributed by atoms with Crippen LogP contribution in [0.3, 0.4) is 0 Å². The largest absolute Gasteiger partial charge is 0.494 e. The number of nitrogens with one attached hydrogen (secondary N) is 2. The maximum atomic E-state index is 12.2. The standard InChI is InChI=1S/C31H34N4O4/c1-4-39-31(38)24-13-16-26-27(19-24)34-30(37)28(26)29(23-9-6-5-7-10-23)33-25-14-11-22(12-15-25)20-35(3)18-8-17-32-21(2)36/h5-7,9-16,19,34,37H,4,8,17-18,20H2,1-3H3,(H,32,36). The van der Waals surface area contributed by atoms with Crippen LogP contribution in [0.25, 0.3) is 10.9 Å². The zero-order chi connectivity index (χ0) is 27.8. The average Bonchev–Trinajstić information content (AvgIpc) is 3.26. The number of aromatic hydroxyl groups is 1. The Balaban J connectivity index is 1.61. The lowest BCUT2D eigenvalue weighted by Gasteiger charge is -2.16. The van der Waals surface area contributed by atoms with E-state index in [1.165, 1.54) is 6.92 Å². The molecule has 0 spiro atoms. The fraction of sp³-hybridized carbons (Fsp3) is 0.258. The van der Waals surface area contributed by atoms with Gasteiger partial charge in [-0.3, -0.25) is 4.79 Å². The quantitative estimate of drug-likeness (QED) is 0.142. The predicted octanol–water partition coefficient (Wildman–Crippen LogP) is 5.18. The number of rotatable bonds is 11. The molecule has 202 valence electrons. The smallest absolute Gasteiger partial charge is 0.338 e. The Hall–Kier alpha value is -4.43. The van der Waals surface area contributed by atoms with E-state index in [2.05, 4.69) is 22.2 Å². The molecule has 8 nitrogen and oxygen atoms in total. The van der Waals surface area contributed by atoms with Crippen LogP contribution in [-0.2, 0) is 16.1 Å². The molecule has 39 heavy (non-hydrogen) atoms. The molecule has 3 N–H and O–H groups in total. The van der Waals surface area contributed by atoms with E-state index in [-0.39, 0.29) is 18.4 Å². The lowest BCUT2D eigenvalue weighted by molar-refractivity contribution is -0.118. The molecule has 1 amide bonds. The molecule has 3 aromatic carbocycles. The number of aromatic amines is 1. The van der Waals surface area contributed by atoms with Crippen molar-refractivity contribution in [3.05, 3.63) is 95.1 Å². The average molecular weight is 527 g/mol. The fourth-order valence-electron chi connectivity index (χ4n) is 4.43. The number of fused-ring (bicyclic) bond motifs is 1. The summed E-state index contributed by atoms with van der Waals surface area (Å²) in [4.78, 5) is 33.4. The first kappa shape index (κ1) is 27.6. The topological polar surface area (TPSA) is 107 Å². The van der Waals surface area contributed by atoms with Gasteiger partial charge in [0.05, 0.1) is 29.1 Å². The molecule has 0 radical (unpaired) electrons. The van der Waals surface area contributed by atoms with E-state index >= 15 is 0 Å². The minimum absolute atomic E-state index is 0.00829. The van der Waals surface area contributed by atoms with Crippen LogP contribution in [0.4, 0.5) is 5.69 Å². The van der Waals surface area contributed by atoms with Crippen molar-refractivity contribution < 1.29 is 19.4 Å². The summed E-state index contributed by atoms with van der Waals surface area (Å²) in [5, 5.41) is 14.5. The van der Waals surface area contributed by atoms with Crippen molar-refractivity contribution in [3.63, 3.8) is 0 Å². The second kappa shape index (κ2) is 12.9. The third-order valence-corrected chi connectivity index (χ3v) is 6.29. The van der Waals surface area contributed by atoms with Crippen molar-refractivity contribution >= 4 is 34.2 Å². The number of amides is 1. The van der Waals surface area contributed by atoms with Crippen LogP contribution in [0, 0.1) is 0 Å². The molecule has 0 atom stereocenters. The molecule has 0 aliphatic rings.